The second-order valence-electron chi connectivity index (χ2n) is 5.00. The Hall–Kier alpha value is -1.98. The van der Waals surface area contributed by atoms with Crippen molar-refractivity contribution in [2.75, 3.05) is 0 Å². The van der Waals surface area contributed by atoms with Gasteiger partial charge in [0.25, 0.3) is 0 Å². The SMILES string of the molecule is Cc1nn(C)c(Cl)c1CC(O)c1ccc2nccnc2c1. The Bertz CT molecular complexity index is 799. The molecule has 0 radical (unpaired) electrons. The van der Waals surface area contributed by atoms with E-state index in [0.29, 0.717) is 11.6 Å². The smallest absolute Gasteiger partial charge is 0.130 e. The summed E-state index contributed by atoms with van der Waals surface area (Å²) in [7, 11) is 1.79. The zero-order valence-electron chi connectivity index (χ0n) is 11.8. The molecule has 0 aliphatic heterocycles. The lowest BCUT2D eigenvalue weighted by atomic mass is 10.0. The molecule has 0 aliphatic carbocycles. The van der Waals surface area contributed by atoms with Crippen LogP contribution in [0.25, 0.3) is 11.0 Å². The standard InChI is InChI=1S/C15H15ClN4O/c1-9-11(15(16)20(2)19-9)8-14(21)10-3-4-12-13(7-10)18-6-5-17-12/h3-7,14,21H,8H2,1-2H3. The number of rotatable bonds is 3. The molecule has 0 saturated heterocycles. The van der Waals surface area contributed by atoms with Gasteiger partial charge in [-0.1, -0.05) is 17.7 Å². The number of hydrogen-bond acceptors (Lipinski definition) is 4. The Labute approximate surface area is 127 Å². The largest absolute Gasteiger partial charge is 0.388 e. The van der Waals surface area contributed by atoms with E-state index >= 15 is 0 Å². The molecule has 21 heavy (non-hydrogen) atoms. The molecule has 1 aromatic carbocycles. The third kappa shape index (κ3) is 2.62. The molecule has 3 rings (SSSR count). The van der Waals surface area contributed by atoms with Crippen molar-refractivity contribution in [1.82, 2.24) is 19.7 Å². The number of halogens is 1. The van der Waals surface area contributed by atoms with Crippen LogP contribution in [0.5, 0.6) is 0 Å². The van der Waals surface area contributed by atoms with E-state index in [-0.39, 0.29) is 0 Å². The number of aliphatic hydroxyl groups excluding tert-OH is 1. The highest BCUT2D eigenvalue weighted by Crippen LogP contribution is 2.26. The van der Waals surface area contributed by atoms with Crippen LogP contribution < -0.4 is 0 Å². The van der Waals surface area contributed by atoms with Gasteiger partial charge in [-0.2, -0.15) is 5.10 Å². The van der Waals surface area contributed by atoms with Crippen molar-refractivity contribution < 1.29 is 5.11 Å². The number of aliphatic hydroxyl groups is 1. The summed E-state index contributed by atoms with van der Waals surface area (Å²) in [6.45, 7) is 1.89. The zero-order chi connectivity index (χ0) is 15.0. The first-order valence-corrected chi connectivity index (χ1v) is 7.01. The minimum Gasteiger partial charge on any atom is -0.388 e. The highest BCUT2D eigenvalue weighted by molar-refractivity contribution is 6.30. The lowest BCUT2D eigenvalue weighted by Gasteiger charge is -2.11. The van der Waals surface area contributed by atoms with Gasteiger partial charge < -0.3 is 5.11 Å². The predicted molar refractivity (Wildman–Crippen MR) is 81.2 cm³/mol. The molecule has 0 aliphatic rings. The molecular weight excluding hydrogens is 288 g/mol. The van der Waals surface area contributed by atoms with Gasteiger partial charge >= 0.3 is 0 Å². The normalized spacial score (nSPS) is 12.8. The van der Waals surface area contributed by atoms with E-state index in [9.17, 15) is 5.11 Å². The number of benzene rings is 1. The summed E-state index contributed by atoms with van der Waals surface area (Å²) in [6, 6.07) is 5.58. The second kappa shape index (κ2) is 5.42. The fourth-order valence-corrected chi connectivity index (χ4v) is 2.66. The molecular formula is C15H15ClN4O. The highest BCUT2D eigenvalue weighted by Gasteiger charge is 2.17. The lowest BCUT2D eigenvalue weighted by molar-refractivity contribution is 0.178. The molecule has 1 N–H and O–H groups in total. The fraction of sp³-hybridized carbons (Fsp3) is 0.267. The molecule has 0 bridgehead atoms. The summed E-state index contributed by atoms with van der Waals surface area (Å²) >= 11 is 6.21. The number of fused-ring (bicyclic) bond motifs is 1. The molecule has 108 valence electrons. The maximum atomic E-state index is 10.4. The van der Waals surface area contributed by atoms with Crippen LogP contribution in [0.1, 0.15) is 22.9 Å². The molecule has 1 atom stereocenters. The second-order valence-corrected chi connectivity index (χ2v) is 5.36. The summed E-state index contributed by atoms with van der Waals surface area (Å²) in [5.74, 6) is 0. The van der Waals surface area contributed by atoms with Crippen molar-refractivity contribution in [3.05, 3.63) is 52.6 Å². The first-order valence-electron chi connectivity index (χ1n) is 6.63. The van der Waals surface area contributed by atoms with E-state index in [1.165, 1.54) is 0 Å². The number of aromatic nitrogens is 4. The van der Waals surface area contributed by atoms with Crippen molar-refractivity contribution in [2.45, 2.75) is 19.4 Å². The Morgan fingerprint density at radius 3 is 2.62 bits per heavy atom. The molecule has 0 fully saturated rings. The first-order chi connectivity index (χ1) is 10.1. The van der Waals surface area contributed by atoms with E-state index in [1.807, 2.05) is 25.1 Å². The summed E-state index contributed by atoms with van der Waals surface area (Å²) in [4.78, 5) is 8.47. The Morgan fingerprint density at radius 2 is 1.95 bits per heavy atom. The lowest BCUT2D eigenvalue weighted by Crippen LogP contribution is -2.03. The minimum atomic E-state index is -0.656. The summed E-state index contributed by atoms with van der Waals surface area (Å²) in [5.41, 5.74) is 4.07. The topological polar surface area (TPSA) is 63.8 Å². The Morgan fingerprint density at radius 1 is 1.24 bits per heavy atom. The molecule has 0 amide bonds. The predicted octanol–water partition coefficient (Wildman–Crippen LogP) is 2.60. The van der Waals surface area contributed by atoms with Gasteiger partial charge in [0.1, 0.15) is 5.15 Å². The van der Waals surface area contributed by atoms with E-state index in [2.05, 4.69) is 15.1 Å². The van der Waals surface area contributed by atoms with Crippen LogP contribution in [0, 0.1) is 6.92 Å². The highest BCUT2D eigenvalue weighted by atomic mass is 35.5. The van der Waals surface area contributed by atoms with Crippen molar-refractivity contribution in [3.63, 3.8) is 0 Å². The van der Waals surface area contributed by atoms with Crippen LogP contribution in [-0.2, 0) is 13.5 Å². The number of aryl methyl sites for hydroxylation is 2. The van der Waals surface area contributed by atoms with Crippen LogP contribution in [0.15, 0.2) is 30.6 Å². The molecule has 2 heterocycles. The van der Waals surface area contributed by atoms with E-state index < -0.39 is 6.10 Å². The van der Waals surface area contributed by atoms with Gasteiger partial charge in [0.15, 0.2) is 0 Å². The number of hydrogen-bond donors (Lipinski definition) is 1. The molecule has 0 spiro atoms. The Kier molecular flexibility index (Phi) is 3.61. The molecule has 1 unspecified atom stereocenters. The summed E-state index contributed by atoms with van der Waals surface area (Å²) < 4.78 is 1.62. The van der Waals surface area contributed by atoms with Crippen LogP contribution >= 0.6 is 11.6 Å². The fourth-order valence-electron chi connectivity index (χ4n) is 2.40. The van der Waals surface area contributed by atoms with Gasteiger partial charge in [-0.15, -0.1) is 0 Å². The molecule has 6 heteroatoms. The maximum absolute atomic E-state index is 10.4. The van der Waals surface area contributed by atoms with Gasteiger partial charge in [0.05, 0.1) is 22.8 Å². The van der Waals surface area contributed by atoms with Crippen molar-refractivity contribution >= 4 is 22.6 Å². The molecule has 5 nitrogen and oxygen atoms in total. The van der Waals surface area contributed by atoms with Gasteiger partial charge in [-0.05, 0) is 24.6 Å². The third-order valence-electron chi connectivity index (χ3n) is 3.55. The van der Waals surface area contributed by atoms with Crippen LogP contribution in [0.2, 0.25) is 5.15 Å². The quantitative estimate of drug-likeness (QED) is 0.808. The minimum absolute atomic E-state index is 0.421. The van der Waals surface area contributed by atoms with Gasteiger partial charge in [-0.3, -0.25) is 14.6 Å². The summed E-state index contributed by atoms with van der Waals surface area (Å²) in [6.07, 6.45) is 3.05. The summed E-state index contributed by atoms with van der Waals surface area (Å²) in [5, 5.41) is 15.3. The molecule has 2 aromatic heterocycles. The van der Waals surface area contributed by atoms with Gasteiger partial charge in [0, 0.05) is 31.4 Å². The number of nitrogens with zero attached hydrogens (tertiary/aromatic N) is 4. The van der Waals surface area contributed by atoms with Crippen LogP contribution in [-0.4, -0.2) is 24.9 Å². The average molecular weight is 303 g/mol. The van der Waals surface area contributed by atoms with Crippen molar-refractivity contribution in [1.29, 1.82) is 0 Å². The zero-order valence-corrected chi connectivity index (χ0v) is 12.5. The maximum Gasteiger partial charge on any atom is 0.130 e. The monoisotopic (exact) mass is 302 g/mol. The molecule has 0 saturated carbocycles. The van der Waals surface area contributed by atoms with Crippen LogP contribution in [0.4, 0.5) is 0 Å². The third-order valence-corrected chi connectivity index (χ3v) is 4.02. The van der Waals surface area contributed by atoms with Gasteiger partial charge in [-0.25, -0.2) is 0 Å². The first kappa shape index (κ1) is 14.0. The average Bonchev–Trinajstić information content (AvgIpc) is 2.73. The van der Waals surface area contributed by atoms with E-state index in [1.54, 1.807) is 24.1 Å². The van der Waals surface area contributed by atoms with Crippen molar-refractivity contribution in [2.24, 2.45) is 7.05 Å². The molecule has 3 aromatic rings. The Balaban J connectivity index is 1.91. The van der Waals surface area contributed by atoms with Crippen LogP contribution in [0.3, 0.4) is 0 Å². The van der Waals surface area contributed by atoms with Crippen molar-refractivity contribution in [3.8, 4) is 0 Å². The van der Waals surface area contributed by atoms with E-state index in [0.717, 1.165) is 27.9 Å². The van der Waals surface area contributed by atoms with E-state index in [4.69, 9.17) is 11.6 Å². The van der Waals surface area contributed by atoms with Gasteiger partial charge in [0.2, 0.25) is 0 Å².